The Kier molecular flexibility index (Phi) is 8.35. The number of urea groups is 1. The molecule has 3 aromatic rings. The smallest absolute Gasteiger partial charge is 0.377 e. The average Bonchev–Trinajstić information content (AvgIpc) is 2.88. The largest absolute Gasteiger partial charge is 0.390 e. The average molecular weight is 565 g/mol. The van der Waals surface area contributed by atoms with Crippen LogP contribution < -0.4 is 15.5 Å². The number of nitrogens with one attached hydrogen (secondary N) is 2. The van der Waals surface area contributed by atoms with Crippen LogP contribution in [0, 0.1) is 0 Å². The van der Waals surface area contributed by atoms with Gasteiger partial charge >= 0.3 is 12.2 Å². The first-order valence-electron chi connectivity index (χ1n) is 12.0. The van der Waals surface area contributed by atoms with Gasteiger partial charge in [-0.05, 0) is 43.3 Å². The third-order valence-corrected chi connectivity index (χ3v) is 7.03. The molecule has 0 saturated carbocycles. The normalized spacial score (nSPS) is 16.1. The van der Waals surface area contributed by atoms with E-state index in [0.29, 0.717) is 42.5 Å². The van der Waals surface area contributed by atoms with Gasteiger partial charge in [-0.1, -0.05) is 12.1 Å². The number of sulfone groups is 1. The van der Waals surface area contributed by atoms with Crippen molar-refractivity contribution < 1.29 is 31.1 Å². The molecule has 1 aliphatic heterocycles. The summed E-state index contributed by atoms with van der Waals surface area (Å²) in [7, 11) is -3.58. The predicted molar refractivity (Wildman–Crippen MR) is 139 cm³/mol. The second kappa shape index (κ2) is 11.5. The molecule has 1 aliphatic rings. The van der Waals surface area contributed by atoms with Crippen molar-refractivity contribution in [3.05, 3.63) is 48.5 Å². The number of halogens is 3. The molecule has 2 aromatic carbocycles. The lowest BCUT2D eigenvalue weighted by Gasteiger charge is -2.33. The van der Waals surface area contributed by atoms with Crippen LogP contribution in [-0.4, -0.2) is 74.2 Å². The number of aromatic nitrogens is 3. The molecular weight excluding hydrogens is 537 g/mol. The molecule has 0 spiro atoms. The van der Waals surface area contributed by atoms with Crippen LogP contribution in [0.5, 0.6) is 0 Å². The van der Waals surface area contributed by atoms with Crippen LogP contribution in [0.25, 0.3) is 22.8 Å². The number of benzene rings is 2. The third kappa shape index (κ3) is 7.41. The number of nitrogens with zero attached hydrogens (tertiary/aromatic N) is 4. The Hall–Kier alpha value is -3.78. The SMILES string of the molecule is C[C@H]1COCCN1c1nc(-c2ccc(NC(=O)NCCC(F)(F)F)cc2)nc(-c2ccccc2S(C)(=O)=O)n1. The van der Waals surface area contributed by atoms with Crippen LogP contribution in [0.3, 0.4) is 0 Å². The highest BCUT2D eigenvalue weighted by molar-refractivity contribution is 7.90. The summed E-state index contributed by atoms with van der Waals surface area (Å²) in [5, 5.41) is 4.63. The van der Waals surface area contributed by atoms with Gasteiger partial charge in [-0.25, -0.2) is 18.2 Å². The third-order valence-electron chi connectivity index (χ3n) is 5.87. The first kappa shape index (κ1) is 28.2. The fraction of sp³-hybridized carbons (Fsp3) is 0.360. The molecule has 4 rings (SSSR count). The number of morpholine rings is 1. The van der Waals surface area contributed by atoms with Gasteiger partial charge in [0, 0.05) is 36.2 Å². The molecule has 1 fully saturated rings. The Morgan fingerprint density at radius 1 is 1.08 bits per heavy atom. The molecule has 1 atom stereocenters. The van der Waals surface area contributed by atoms with E-state index in [4.69, 9.17) is 4.74 Å². The Bertz CT molecular complexity index is 1430. The van der Waals surface area contributed by atoms with Crippen LogP contribution >= 0.6 is 0 Å². The number of ether oxygens (including phenoxy) is 1. The zero-order chi connectivity index (χ0) is 28.2. The van der Waals surface area contributed by atoms with Crippen LogP contribution in [0.2, 0.25) is 0 Å². The minimum Gasteiger partial charge on any atom is -0.377 e. The fourth-order valence-electron chi connectivity index (χ4n) is 3.94. The second-order valence-electron chi connectivity index (χ2n) is 8.99. The Balaban J connectivity index is 1.66. The summed E-state index contributed by atoms with van der Waals surface area (Å²) in [5.41, 5.74) is 1.24. The van der Waals surface area contributed by atoms with E-state index in [9.17, 15) is 26.4 Å². The summed E-state index contributed by atoms with van der Waals surface area (Å²) in [6.45, 7) is 2.91. The molecule has 10 nitrogen and oxygen atoms in total. The highest BCUT2D eigenvalue weighted by atomic mass is 32.2. The summed E-state index contributed by atoms with van der Waals surface area (Å²) in [6.07, 6.45) is -4.38. The van der Waals surface area contributed by atoms with Crippen molar-refractivity contribution in [1.29, 1.82) is 0 Å². The molecule has 0 aliphatic carbocycles. The van der Waals surface area contributed by atoms with Crippen LogP contribution in [-0.2, 0) is 14.6 Å². The molecule has 0 radical (unpaired) electrons. The molecule has 0 bridgehead atoms. The number of carbonyl (C=O) groups excluding carboxylic acids is 1. The van der Waals surface area contributed by atoms with Gasteiger partial charge in [0.1, 0.15) is 0 Å². The number of carbonyl (C=O) groups is 1. The van der Waals surface area contributed by atoms with Gasteiger partial charge in [-0.15, -0.1) is 0 Å². The quantitative estimate of drug-likeness (QED) is 0.443. The van der Waals surface area contributed by atoms with Crippen molar-refractivity contribution >= 4 is 27.5 Å². The van der Waals surface area contributed by atoms with Crippen molar-refractivity contribution in [3.8, 4) is 22.8 Å². The van der Waals surface area contributed by atoms with Gasteiger partial charge < -0.3 is 20.3 Å². The monoisotopic (exact) mass is 564 g/mol. The highest BCUT2D eigenvalue weighted by Crippen LogP contribution is 2.29. The Labute approximate surface area is 223 Å². The molecule has 14 heteroatoms. The molecule has 2 amide bonds. The van der Waals surface area contributed by atoms with E-state index in [1.807, 2.05) is 11.8 Å². The number of amides is 2. The number of rotatable bonds is 7. The maximum atomic E-state index is 12.5. The number of alkyl halides is 3. The van der Waals surface area contributed by atoms with Gasteiger partial charge in [0.2, 0.25) is 5.95 Å². The maximum absolute atomic E-state index is 12.5. The number of hydrogen-bond donors (Lipinski definition) is 2. The molecule has 208 valence electrons. The maximum Gasteiger partial charge on any atom is 0.390 e. The molecule has 39 heavy (non-hydrogen) atoms. The van der Waals surface area contributed by atoms with E-state index in [2.05, 4.69) is 25.6 Å². The van der Waals surface area contributed by atoms with E-state index in [0.717, 1.165) is 6.26 Å². The highest BCUT2D eigenvalue weighted by Gasteiger charge is 2.27. The van der Waals surface area contributed by atoms with Gasteiger partial charge in [0.05, 0.1) is 30.6 Å². The zero-order valence-electron chi connectivity index (χ0n) is 21.2. The van der Waals surface area contributed by atoms with Crippen molar-refractivity contribution in [1.82, 2.24) is 20.3 Å². The zero-order valence-corrected chi connectivity index (χ0v) is 22.0. The van der Waals surface area contributed by atoms with Gasteiger partial charge in [0.15, 0.2) is 21.5 Å². The second-order valence-corrected chi connectivity index (χ2v) is 11.0. The molecule has 2 N–H and O–H groups in total. The summed E-state index contributed by atoms with van der Waals surface area (Å²) in [6, 6.07) is 12.0. The van der Waals surface area contributed by atoms with Crippen molar-refractivity contribution in [2.75, 3.05) is 42.8 Å². The van der Waals surface area contributed by atoms with E-state index in [-0.39, 0.29) is 22.6 Å². The minimum atomic E-state index is -4.36. The Morgan fingerprint density at radius 2 is 1.77 bits per heavy atom. The van der Waals surface area contributed by atoms with Crippen molar-refractivity contribution in [3.63, 3.8) is 0 Å². The van der Waals surface area contributed by atoms with Crippen molar-refractivity contribution in [2.24, 2.45) is 0 Å². The summed E-state index contributed by atoms with van der Waals surface area (Å²) in [5.74, 6) is 0.819. The summed E-state index contributed by atoms with van der Waals surface area (Å²) < 4.78 is 67.4. The molecular formula is C25H27F3N6O4S. The van der Waals surface area contributed by atoms with E-state index >= 15 is 0 Å². The number of anilines is 2. The van der Waals surface area contributed by atoms with Crippen LogP contribution in [0.1, 0.15) is 13.3 Å². The lowest BCUT2D eigenvalue weighted by molar-refractivity contribution is -0.132. The van der Waals surface area contributed by atoms with Crippen LogP contribution in [0.15, 0.2) is 53.4 Å². The van der Waals surface area contributed by atoms with Gasteiger partial charge in [-0.3, -0.25) is 0 Å². The molecule has 2 heterocycles. The standard InChI is InChI=1S/C25H27F3N6O4S/c1-16-15-38-14-13-34(16)23-32-21(31-22(33-23)19-5-3-4-6-20(19)39(2,36)37)17-7-9-18(10-8-17)30-24(35)29-12-11-25(26,27)28/h3-10,16H,11-15H2,1-2H3,(H2,29,30,35)/t16-/m0/s1. The fourth-order valence-corrected chi connectivity index (χ4v) is 4.82. The molecule has 1 saturated heterocycles. The van der Waals surface area contributed by atoms with E-state index in [1.165, 1.54) is 6.07 Å². The minimum absolute atomic E-state index is 0.0329. The molecule has 1 aromatic heterocycles. The first-order chi connectivity index (χ1) is 18.4. The number of hydrogen-bond acceptors (Lipinski definition) is 8. The van der Waals surface area contributed by atoms with E-state index < -0.39 is 35.0 Å². The van der Waals surface area contributed by atoms with E-state index in [1.54, 1.807) is 42.5 Å². The summed E-state index contributed by atoms with van der Waals surface area (Å²) >= 11 is 0. The van der Waals surface area contributed by atoms with Gasteiger partial charge in [-0.2, -0.15) is 23.1 Å². The van der Waals surface area contributed by atoms with Crippen LogP contribution in [0.4, 0.5) is 29.6 Å². The lowest BCUT2D eigenvalue weighted by atomic mass is 10.1. The Morgan fingerprint density at radius 3 is 2.44 bits per heavy atom. The van der Waals surface area contributed by atoms with Crippen molar-refractivity contribution in [2.45, 2.75) is 30.5 Å². The van der Waals surface area contributed by atoms with Gasteiger partial charge in [0.25, 0.3) is 0 Å². The topological polar surface area (TPSA) is 126 Å². The first-order valence-corrected chi connectivity index (χ1v) is 13.9. The molecule has 0 unspecified atom stereocenters. The summed E-state index contributed by atoms with van der Waals surface area (Å²) in [4.78, 5) is 27.8. The lowest BCUT2D eigenvalue weighted by Crippen LogP contribution is -2.44. The predicted octanol–water partition coefficient (Wildman–Crippen LogP) is 3.91.